The Bertz CT molecular complexity index is 419. The second-order valence-corrected chi connectivity index (χ2v) is 4.89. The van der Waals surface area contributed by atoms with Gasteiger partial charge in [0.15, 0.2) is 5.69 Å². The zero-order valence-electron chi connectivity index (χ0n) is 9.70. The molecule has 17 heavy (non-hydrogen) atoms. The molecule has 92 valence electrons. The fraction of sp³-hybridized carbons (Fsp3) is 0.500. The van der Waals surface area contributed by atoms with Gasteiger partial charge in [-0.25, -0.2) is 9.78 Å². The van der Waals surface area contributed by atoms with Crippen molar-refractivity contribution >= 4 is 27.6 Å². The Morgan fingerprint density at radius 2 is 2.35 bits per heavy atom. The summed E-state index contributed by atoms with van der Waals surface area (Å²) in [7, 11) is 0. The van der Waals surface area contributed by atoms with E-state index in [2.05, 4.69) is 26.2 Å². The highest BCUT2D eigenvalue weighted by Crippen LogP contribution is 2.29. The number of rotatable bonds is 5. The van der Waals surface area contributed by atoms with E-state index in [1.54, 1.807) is 6.92 Å². The van der Waals surface area contributed by atoms with Crippen LogP contribution in [0.2, 0.25) is 0 Å². The van der Waals surface area contributed by atoms with Gasteiger partial charge in [-0.3, -0.25) is 0 Å². The largest absolute Gasteiger partial charge is 0.461 e. The van der Waals surface area contributed by atoms with E-state index in [0.29, 0.717) is 16.9 Å². The van der Waals surface area contributed by atoms with Gasteiger partial charge in [-0.2, -0.15) is 0 Å². The van der Waals surface area contributed by atoms with Crippen molar-refractivity contribution in [2.75, 3.05) is 18.5 Å². The topological polar surface area (TPSA) is 51.2 Å². The molecule has 4 nitrogen and oxygen atoms in total. The quantitative estimate of drug-likeness (QED) is 0.671. The van der Waals surface area contributed by atoms with Gasteiger partial charge < -0.3 is 10.1 Å². The molecular formula is C12H15BrN2O2. The molecule has 0 aromatic carbocycles. The van der Waals surface area contributed by atoms with Crippen LogP contribution in [-0.4, -0.2) is 24.1 Å². The Balaban J connectivity index is 2.13. The fourth-order valence-corrected chi connectivity index (χ4v) is 1.82. The maximum absolute atomic E-state index is 11.7. The average Bonchev–Trinajstić information content (AvgIpc) is 3.11. The van der Waals surface area contributed by atoms with Crippen LogP contribution >= 0.6 is 15.9 Å². The average molecular weight is 299 g/mol. The summed E-state index contributed by atoms with van der Waals surface area (Å²) in [6, 6.07) is 3.67. The van der Waals surface area contributed by atoms with E-state index in [0.717, 1.165) is 18.2 Å². The molecule has 1 saturated carbocycles. The number of carbonyl (C=O) groups excluding carboxylic acids is 1. The number of anilines is 1. The minimum absolute atomic E-state index is 0.349. The summed E-state index contributed by atoms with van der Waals surface area (Å²) in [5.41, 5.74) is 1.10. The number of hydrogen-bond donors (Lipinski definition) is 1. The molecule has 0 radical (unpaired) electrons. The first-order chi connectivity index (χ1) is 8.20. The first kappa shape index (κ1) is 12.4. The molecule has 1 aliphatic rings. The van der Waals surface area contributed by atoms with Gasteiger partial charge in [0.1, 0.15) is 4.60 Å². The zero-order chi connectivity index (χ0) is 12.3. The normalized spacial score (nSPS) is 14.5. The highest BCUT2D eigenvalue weighted by Gasteiger charge is 2.22. The van der Waals surface area contributed by atoms with Gasteiger partial charge >= 0.3 is 5.97 Å². The van der Waals surface area contributed by atoms with Crippen molar-refractivity contribution < 1.29 is 9.53 Å². The molecule has 0 unspecified atom stereocenters. The number of nitrogens with one attached hydrogen (secondary N) is 1. The minimum Gasteiger partial charge on any atom is -0.461 e. The lowest BCUT2D eigenvalue weighted by atomic mass is 10.3. The molecule has 1 aliphatic carbocycles. The lowest BCUT2D eigenvalue weighted by Crippen LogP contribution is -2.13. The van der Waals surface area contributed by atoms with Gasteiger partial charge in [0.25, 0.3) is 0 Å². The van der Waals surface area contributed by atoms with Crippen molar-refractivity contribution in [3.05, 3.63) is 22.4 Å². The van der Waals surface area contributed by atoms with E-state index in [-0.39, 0.29) is 5.97 Å². The summed E-state index contributed by atoms with van der Waals surface area (Å²) < 4.78 is 5.62. The summed E-state index contributed by atoms with van der Waals surface area (Å²) in [5, 5.41) is 3.26. The lowest BCUT2D eigenvalue weighted by Gasteiger charge is -2.10. The third-order valence-electron chi connectivity index (χ3n) is 2.61. The van der Waals surface area contributed by atoms with Gasteiger partial charge in [-0.05, 0) is 53.7 Å². The van der Waals surface area contributed by atoms with Gasteiger partial charge in [0.05, 0.1) is 12.3 Å². The molecule has 5 heteroatoms. The molecular weight excluding hydrogens is 284 g/mol. The predicted octanol–water partition coefficient (Wildman–Crippen LogP) is 2.84. The second-order valence-electron chi connectivity index (χ2n) is 4.07. The SMILES string of the molecule is CCOC(=O)c1nc(Br)ccc1NCC1CC1. The Morgan fingerprint density at radius 1 is 1.59 bits per heavy atom. The van der Waals surface area contributed by atoms with Crippen LogP contribution in [0, 0.1) is 5.92 Å². The van der Waals surface area contributed by atoms with Crippen molar-refractivity contribution in [3.63, 3.8) is 0 Å². The van der Waals surface area contributed by atoms with Crippen LogP contribution in [-0.2, 0) is 4.74 Å². The third-order valence-corrected chi connectivity index (χ3v) is 3.05. The first-order valence-electron chi connectivity index (χ1n) is 5.78. The molecule has 1 heterocycles. The number of halogens is 1. The summed E-state index contributed by atoms with van der Waals surface area (Å²) in [6.45, 7) is 3.04. The highest BCUT2D eigenvalue weighted by atomic mass is 79.9. The number of pyridine rings is 1. The number of nitrogens with zero attached hydrogens (tertiary/aromatic N) is 1. The molecule has 0 saturated heterocycles. The fourth-order valence-electron chi connectivity index (χ4n) is 1.51. The van der Waals surface area contributed by atoms with Crippen LogP contribution in [0.1, 0.15) is 30.3 Å². The number of aromatic nitrogens is 1. The molecule has 0 bridgehead atoms. The molecule has 2 rings (SSSR count). The maximum Gasteiger partial charge on any atom is 0.359 e. The van der Waals surface area contributed by atoms with Crippen molar-refractivity contribution in [2.24, 2.45) is 5.92 Å². The van der Waals surface area contributed by atoms with Crippen molar-refractivity contribution in [1.82, 2.24) is 4.98 Å². The van der Waals surface area contributed by atoms with Gasteiger partial charge in [0, 0.05) is 6.54 Å². The van der Waals surface area contributed by atoms with E-state index >= 15 is 0 Å². The minimum atomic E-state index is -0.382. The van der Waals surface area contributed by atoms with E-state index < -0.39 is 0 Å². The summed E-state index contributed by atoms with van der Waals surface area (Å²) in [6.07, 6.45) is 2.54. The van der Waals surface area contributed by atoms with Crippen LogP contribution < -0.4 is 5.32 Å². The number of carbonyl (C=O) groups is 1. The summed E-state index contributed by atoms with van der Waals surface area (Å²) in [5.74, 6) is 0.362. The van der Waals surface area contributed by atoms with E-state index in [4.69, 9.17) is 4.74 Å². The Kier molecular flexibility index (Phi) is 3.99. The van der Waals surface area contributed by atoms with Crippen LogP contribution in [0.15, 0.2) is 16.7 Å². The van der Waals surface area contributed by atoms with Gasteiger partial charge in [0.2, 0.25) is 0 Å². The Labute approximate surface area is 109 Å². The number of ether oxygens (including phenoxy) is 1. The van der Waals surface area contributed by atoms with Gasteiger partial charge in [-0.1, -0.05) is 0 Å². The summed E-state index contributed by atoms with van der Waals surface area (Å²) in [4.78, 5) is 15.9. The third kappa shape index (κ3) is 3.43. The lowest BCUT2D eigenvalue weighted by molar-refractivity contribution is 0.0520. The second kappa shape index (κ2) is 5.49. The molecule has 0 atom stereocenters. The van der Waals surface area contributed by atoms with Crippen LogP contribution in [0.25, 0.3) is 0 Å². The van der Waals surface area contributed by atoms with Crippen LogP contribution in [0.3, 0.4) is 0 Å². The van der Waals surface area contributed by atoms with Crippen molar-refractivity contribution in [2.45, 2.75) is 19.8 Å². The molecule has 0 spiro atoms. The van der Waals surface area contributed by atoms with E-state index in [1.807, 2.05) is 12.1 Å². The molecule has 1 fully saturated rings. The van der Waals surface area contributed by atoms with E-state index in [1.165, 1.54) is 12.8 Å². The molecule has 1 aromatic heterocycles. The predicted molar refractivity (Wildman–Crippen MR) is 69.1 cm³/mol. The summed E-state index contributed by atoms with van der Waals surface area (Å²) >= 11 is 3.26. The van der Waals surface area contributed by atoms with Gasteiger partial charge in [-0.15, -0.1) is 0 Å². The highest BCUT2D eigenvalue weighted by molar-refractivity contribution is 9.10. The first-order valence-corrected chi connectivity index (χ1v) is 6.57. The van der Waals surface area contributed by atoms with Crippen molar-refractivity contribution in [3.8, 4) is 0 Å². The smallest absolute Gasteiger partial charge is 0.359 e. The van der Waals surface area contributed by atoms with Crippen LogP contribution in [0.4, 0.5) is 5.69 Å². The number of hydrogen-bond acceptors (Lipinski definition) is 4. The standard InChI is InChI=1S/C12H15BrN2O2/c1-2-17-12(16)11-9(5-6-10(13)15-11)14-7-8-3-4-8/h5-6,8,14H,2-4,7H2,1H3. The van der Waals surface area contributed by atoms with Crippen LogP contribution in [0.5, 0.6) is 0 Å². The monoisotopic (exact) mass is 298 g/mol. The van der Waals surface area contributed by atoms with E-state index in [9.17, 15) is 4.79 Å². The molecule has 0 aliphatic heterocycles. The Morgan fingerprint density at radius 3 is 3.00 bits per heavy atom. The van der Waals surface area contributed by atoms with Crippen molar-refractivity contribution in [1.29, 1.82) is 0 Å². The number of esters is 1. The molecule has 1 N–H and O–H groups in total. The Hall–Kier alpha value is -1.10. The zero-order valence-corrected chi connectivity index (χ0v) is 11.3. The molecule has 1 aromatic rings. The maximum atomic E-state index is 11.7. The molecule has 0 amide bonds.